The maximum atomic E-state index is 10.6. The molecule has 1 aromatic rings. The molecule has 19 heavy (non-hydrogen) atoms. The average molecular weight is 261 g/mol. The molecule has 0 radical (unpaired) electrons. The molecule has 1 fully saturated rings. The second kappa shape index (κ2) is 6.09. The van der Waals surface area contributed by atoms with Gasteiger partial charge in [-0.2, -0.15) is 0 Å². The van der Waals surface area contributed by atoms with Crippen LogP contribution in [0.1, 0.15) is 36.8 Å². The van der Waals surface area contributed by atoms with Gasteiger partial charge in [-0.05, 0) is 62.3 Å². The first-order chi connectivity index (χ1) is 9.04. The Balaban J connectivity index is 1.90. The minimum atomic E-state index is -0.670. The quantitative estimate of drug-likeness (QED) is 0.903. The third-order valence-corrected chi connectivity index (χ3v) is 3.95. The molecule has 1 aliphatic heterocycles. The molecule has 0 atom stereocenters. The van der Waals surface area contributed by atoms with E-state index in [9.17, 15) is 4.79 Å². The van der Waals surface area contributed by atoms with Crippen LogP contribution in [0.5, 0.6) is 0 Å². The van der Waals surface area contributed by atoms with Crippen molar-refractivity contribution in [1.82, 2.24) is 0 Å². The van der Waals surface area contributed by atoms with E-state index in [1.54, 1.807) is 0 Å². The van der Waals surface area contributed by atoms with Crippen molar-refractivity contribution in [1.29, 1.82) is 0 Å². The molecule has 0 unspecified atom stereocenters. The average Bonchev–Trinajstić information content (AvgIpc) is 2.36. The number of aryl methyl sites for hydroxylation is 2. The molecule has 1 aliphatic rings. The van der Waals surface area contributed by atoms with Crippen LogP contribution in [0.3, 0.4) is 0 Å². The van der Waals surface area contributed by atoms with E-state index in [2.05, 4.69) is 36.9 Å². The van der Waals surface area contributed by atoms with E-state index < -0.39 is 5.97 Å². The summed E-state index contributed by atoms with van der Waals surface area (Å²) in [6, 6.07) is 6.68. The van der Waals surface area contributed by atoms with Gasteiger partial charge < -0.3 is 10.0 Å². The van der Waals surface area contributed by atoms with Gasteiger partial charge in [0.15, 0.2) is 0 Å². The summed E-state index contributed by atoms with van der Waals surface area (Å²) in [6.07, 6.45) is 3.37. The maximum absolute atomic E-state index is 10.6. The van der Waals surface area contributed by atoms with E-state index in [4.69, 9.17) is 5.11 Å². The molecule has 1 saturated heterocycles. The van der Waals surface area contributed by atoms with Gasteiger partial charge in [0.05, 0.1) is 0 Å². The van der Waals surface area contributed by atoms with Gasteiger partial charge in [0.2, 0.25) is 0 Å². The van der Waals surface area contributed by atoms with E-state index >= 15 is 0 Å². The first-order valence-corrected chi connectivity index (χ1v) is 7.09. The molecule has 0 bridgehead atoms. The molecule has 0 amide bonds. The topological polar surface area (TPSA) is 40.5 Å². The monoisotopic (exact) mass is 261 g/mol. The molecule has 104 valence electrons. The Kier molecular flexibility index (Phi) is 4.46. The molecule has 1 N–H and O–H groups in total. The lowest BCUT2D eigenvalue weighted by Crippen LogP contribution is -2.33. The Morgan fingerprint density at radius 1 is 1.21 bits per heavy atom. The van der Waals surface area contributed by atoms with Gasteiger partial charge in [-0.1, -0.05) is 6.07 Å². The van der Waals surface area contributed by atoms with Crippen molar-refractivity contribution < 1.29 is 9.90 Å². The zero-order valence-corrected chi connectivity index (χ0v) is 11.9. The number of nitrogens with zero attached hydrogens (tertiary/aromatic N) is 1. The van der Waals surface area contributed by atoms with Crippen molar-refractivity contribution in [3.8, 4) is 0 Å². The minimum absolute atomic E-state index is 0.314. The van der Waals surface area contributed by atoms with Crippen LogP contribution in [-0.2, 0) is 4.79 Å². The van der Waals surface area contributed by atoms with Crippen molar-refractivity contribution in [2.45, 2.75) is 39.5 Å². The predicted octanol–water partition coefficient (Wildman–Crippen LogP) is 3.38. The van der Waals surface area contributed by atoms with Crippen molar-refractivity contribution in [3.63, 3.8) is 0 Å². The van der Waals surface area contributed by atoms with Crippen LogP contribution in [0, 0.1) is 19.8 Å². The Labute approximate surface area is 115 Å². The van der Waals surface area contributed by atoms with Gasteiger partial charge in [0.25, 0.3) is 0 Å². The molecular formula is C16H23NO2. The number of carboxylic acid groups (broad SMARTS) is 1. The zero-order chi connectivity index (χ0) is 13.8. The van der Waals surface area contributed by atoms with Gasteiger partial charge in [0, 0.05) is 25.2 Å². The largest absolute Gasteiger partial charge is 0.481 e. The third-order valence-electron chi connectivity index (χ3n) is 3.95. The zero-order valence-electron chi connectivity index (χ0n) is 11.9. The van der Waals surface area contributed by atoms with Crippen molar-refractivity contribution in [3.05, 3.63) is 29.3 Å². The molecule has 0 spiro atoms. The fraction of sp³-hybridized carbons (Fsp3) is 0.562. The summed E-state index contributed by atoms with van der Waals surface area (Å²) in [6.45, 7) is 6.37. The number of hydrogen-bond acceptors (Lipinski definition) is 2. The molecular weight excluding hydrogens is 238 g/mol. The van der Waals surface area contributed by atoms with E-state index in [0.717, 1.165) is 32.4 Å². The highest BCUT2D eigenvalue weighted by Gasteiger charge is 2.20. The maximum Gasteiger partial charge on any atom is 0.303 e. The van der Waals surface area contributed by atoms with Crippen molar-refractivity contribution in [2.75, 3.05) is 18.0 Å². The number of benzene rings is 1. The SMILES string of the molecule is Cc1cc(C)cc(N2CCC(CCC(=O)O)CC2)c1. The number of hydrogen-bond donors (Lipinski definition) is 1. The second-order valence-corrected chi connectivity index (χ2v) is 5.71. The molecule has 0 aromatic heterocycles. The van der Waals surface area contributed by atoms with Crippen LogP contribution in [0.4, 0.5) is 5.69 Å². The normalized spacial score (nSPS) is 16.6. The molecule has 2 rings (SSSR count). The first kappa shape index (κ1) is 13.9. The lowest BCUT2D eigenvalue weighted by atomic mass is 9.92. The summed E-state index contributed by atoms with van der Waals surface area (Å²) < 4.78 is 0. The summed E-state index contributed by atoms with van der Waals surface area (Å²) in [5, 5.41) is 8.72. The molecule has 3 heteroatoms. The predicted molar refractivity (Wildman–Crippen MR) is 77.7 cm³/mol. The fourth-order valence-electron chi connectivity index (χ4n) is 2.94. The van der Waals surface area contributed by atoms with Crippen LogP contribution in [0.25, 0.3) is 0 Å². The third kappa shape index (κ3) is 3.98. The molecule has 0 aliphatic carbocycles. The number of aliphatic carboxylic acids is 1. The van der Waals surface area contributed by atoms with E-state index in [1.165, 1.54) is 16.8 Å². The highest BCUT2D eigenvalue weighted by molar-refractivity contribution is 5.66. The van der Waals surface area contributed by atoms with Gasteiger partial charge in [-0.15, -0.1) is 0 Å². The minimum Gasteiger partial charge on any atom is -0.481 e. The van der Waals surface area contributed by atoms with Crippen LogP contribution < -0.4 is 4.90 Å². The van der Waals surface area contributed by atoms with Crippen molar-refractivity contribution in [2.24, 2.45) is 5.92 Å². The summed E-state index contributed by atoms with van der Waals surface area (Å²) in [5.74, 6) is -0.0880. The number of anilines is 1. The summed E-state index contributed by atoms with van der Waals surface area (Å²) >= 11 is 0. The number of piperidine rings is 1. The van der Waals surface area contributed by atoms with Gasteiger partial charge >= 0.3 is 5.97 Å². The number of carboxylic acids is 1. The number of rotatable bonds is 4. The molecule has 0 saturated carbocycles. The summed E-state index contributed by atoms with van der Waals surface area (Å²) in [5.41, 5.74) is 3.93. The van der Waals surface area contributed by atoms with E-state index in [-0.39, 0.29) is 0 Å². The van der Waals surface area contributed by atoms with Crippen LogP contribution in [0.2, 0.25) is 0 Å². The summed E-state index contributed by atoms with van der Waals surface area (Å²) in [4.78, 5) is 13.0. The van der Waals surface area contributed by atoms with Gasteiger partial charge in [0.1, 0.15) is 0 Å². The van der Waals surface area contributed by atoms with Crippen LogP contribution in [-0.4, -0.2) is 24.2 Å². The highest BCUT2D eigenvalue weighted by atomic mass is 16.4. The lowest BCUT2D eigenvalue weighted by molar-refractivity contribution is -0.137. The Morgan fingerprint density at radius 3 is 2.32 bits per heavy atom. The second-order valence-electron chi connectivity index (χ2n) is 5.71. The van der Waals surface area contributed by atoms with E-state index in [0.29, 0.717) is 12.3 Å². The standard InChI is InChI=1S/C16H23NO2/c1-12-9-13(2)11-15(10-12)17-7-5-14(6-8-17)3-4-16(18)19/h9-11,14H,3-8H2,1-2H3,(H,18,19). The van der Waals surface area contributed by atoms with E-state index in [1.807, 2.05) is 0 Å². The highest BCUT2D eigenvalue weighted by Crippen LogP contribution is 2.27. The first-order valence-electron chi connectivity index (χ1n) is 7.09. The van der Waals surface area contributed by atoms with Crippen LogP contribution >= 0.6 is 0 Å². The summed E-state index contributed by atoms with van der Waals surface area (Å²) in [7, 11) is 0. The van der Waals surface area contributed by atoms with Crippen molar-refractivity contribution >= 4 is 11.7 Å². The lowest BCUT2D eigenvalue weighted by Gasteiger charge is -2.34. The van der Waals surface area contributed by atoms with Gasteiger partial charge in [-0.25, -0.2) is 0 Å². The molecule has 1 heterocycles. The van der Waals surface area contributed by atoms with Gasteiger partial charge in [-0.3, -0.25) is 4.79 Å². The molecule has 3 nitrogen and oxygen atoms in total. The number of carbonyl (C=O) groups is 1. The Morgan fingerprint density at radius 2 is 1.79 bits per heavy atom. The Bertz CT molecular complexity index is 428. The van der Waals surface area contributed by atoms with Crippen LogP contribution in [0.15, 0.2) is 18.2 Å². The fourth-order valence-corrected chi connectivity index (χ4v) is 2.94. The Hall–Kier alpha value is -1.51. The molecule has 1 aromatic carbocycles. The smallest absolute Gasteiger partial charge is 0.303 e.